The number of aliphatic hydroxyl groups is 1. The normalized spacial score (nSPS) is 13.3. The van der Waals surface area contributed by atoms with Crippen LogP contribution in [0, 0.1) is 12.7 Å². The van der Waals surface area contributed by atoms with Crippen LogP contribution in [0.25, 0.3) is 0 Å². The van der Waals surface area contributed by atoms with Crippen molar-refractivity contribution in [2.45, 2.75) is 19.2 Å². The summed E-state index contributed by atoms with van der Waals surface area (Å²) in [6, 6.07) is 6.65. The lowest BCUT2D eigenvalue weighted by atomic mass is 9.96. The van der Waals surface area contributed by atoms with Gasteiger partial charge in [-0.15, -0.1) is 0 Å². The van der Waals surface area contributed by atoms with Crippen molar-refractivity contribution in [3.8, 4) is 0 Å². The van der Waals surface area contributed by atoms with Gasteiger partial charge in [-0.3, -0.25) is 0 Å². The Morgan fingerprint density at radius 3 is 2.33 bits per heavy atom. The summed E-state index contributed by atoms with van der Waals surface area (Å²) >= 11 is 5.91. The van der Waals surface area contributed by atoms with Gasteiger partial charge < -0.3 is 5.11 Å². The molecule has 2 aromatic carbocycles. The summed E-state index contributed by atoms with van der Waals surface area (Å²) in [6.07, 6.45) is -6.30. The van der Waals surface area contributed by atoms with Gasteiger partial charge in [0.1, 0.15) is 11.9 Å². The molecule has 0 radical (unpaired) electrons. The standard InChI is InChI=1S/C15H11ClF4O/c1-8-2-3-9(6-13(8)16)14(21)11-5-4-10(17)7-12(11)15(18,19)20/h2-7,14,21H,1H3. The van der Waals surface area contributed by atoms with Crippen LogP contribution in [-0.2, 0) is 6.18 Å². The number of aryl methyl sites for hydroxylation is 1. The fourth-order valence-corrected chi connectivity index (χ4v) is 2.16. The molecule has 0 heterocycles. The molecule has 0 aliphatic rings. The summed E-state index contributed by atoms with van der Waals surface area (Å²) in [5.74, 6) is -1.01. The quantitative estimate of drug-likeness (QED) is 0.782. The van der Waals surface area contributed by atoms with Crippen molar-refractivity contribution in [3.05, 3.63) is 69.5 Å². The van der Waals surface area contributed by atoms with Crippen molar-refractivity contribution in [2.75, 3.05) is 0 Å². The van der Waals surface area contributed by atoms with Crippen LogP contribution in [0.2, 0.25) is 5.02 Å². The second-order valence-electron chi connectivity index (χ2n) is 4.64. The number of halogens is 5. The van der Waals surface area contributed by atoms with Crippen LogP contribution < -0.4 is 0 Å². The number of alkyl halides is 3. The minimum absolute atomic E-state index is 0.211. The molecule has 1 unspecified atom stereocenters. The highest BCUT2D eigenvalue weighted by atomic mass is 35.5. The van der Waals surface area contributed by atoms with Crippen molar-refractivity contribution in [1.82, 2.24) is 0 Å². The third kappa shape index (κ3) is 3.36. The van der Waals surface area contributed by atoms with E-state index in [0.717, 1.165) is 17.7 Å². The molecule has 112 valence electrons. The van der Waals surface area contributed by atoms with E-state index >= 15 is 0 Å². The van der Waals surface area contributed by atoms with E-state index in [9.17, 15) is 22.7 Å². The summed E-state index contributed by atoms with van der Waals surface area (Å²) in [7, 11) is 0. The molecule has 0 aliphatic heterocycles. The minimum Gasteiger partial charge on any atom is -0.384 e. The maximum Gasteiger partial charge on any atom is 0.416 e. The van der Waals surface area contributed by atoms with Crippen LogP contribution in [-0.4, -0.2) is 5.11 Å². The Labute approximate surface area is 123 Å². The summed E-state index contributed by atoms with van der Waals surface area (Å²) in [5.41, 5.74) is -0.666. The van der Waals surface area contributed by atoms with Gasteiger partial charge in [0.2, 0.25) is 0 Å². The molecule has 2 rings (SSSR count). The van der Waals surface area contributed by atoms with Gasteiger partial charge in [0.05, 0.1) is 5.56 Å². The Morgan fingerprint density at radius 2 is 1.76 bits per heavy atom. The molecule has 0 fully saturated rings. The topological polar surface area (TPSA) is 20.2 Å². The Hall–Kier alpha value is -1.59. The van der Waals surface area contributed by atoms with Crippen LogP contribution in [0.5, 0.6) is 0 Å². The average Bonchev–Trinajstić information content (AvgIpc) is 2.40. The number of hydrogen-bond acceptors (Lipinski definition) is 1. The predicted molar refractivity (Wildman–Crippen MR) is 71.7 cm³/mol. The van der Waals surface area contributed by atoms with Crippen LogP contribution in [0.1, 0.15) is 28.4 Å². The molecule has 0 saturated carbocycles. The largest absolute Gasteiger partial charge is 0.416 e. The van der Waals surface area contributed by atoms with E-state index in [4.69, 9.17) is 11.6 Å². The summed E-state index contributed by atoms with van der Waals surface area (Å²) in [6.45, 7) is 1.73. The zero-order valence-corrected chi connectivity index (χ0v) is 11.6. The van der Waals surface area contributed by atoms with E-state index in [2.05, 4.69) is 0 Å². The number of benzene rings is 2. The van der Waals surface area contributed by atoms with E-state index < -0.39 is 29.2 Å². The zero-order valence-electron chi connectivity index (χ0n) is 10.9. The van der Waals surface area contributed by atoms with Gasteiger partial charge in [0.15, 0.2) is 0 Å². The first-order chi connectivity index (χ1) is 9.70. The molecule has 0 aliphatic carbocycles. The third-order valence-corrected chi connectivity index (χ3v) is 3.53. The SMILES string of the molecule is Cc1ccc(C(O)c2ccc(F)cc2C(F)(F)F)cc1Cl. The highest BCUT2D eigenvalue weighted by Crippen LogP contribution is 2.37. The fourth-order valence-electron chi connectivity index (χ4n) is 1.97. The smallest absolute Gasteiger partial charge is 0.384 e. The summed E-state index contributed by atoms with van der Waals surface area (Å²) < 4.78 is 51.9. The van der Waals surface area contributed by atoms with Gasteiger partial charge in [0.25, 0.3) is 0 Å². The molecule has 0 bridgehead atoms. The van der Waals surface area contributed by atoms with E-state index in [1.54, 1.807) is 13.0 Å². The van der Waals surface area contributed by atoms with Gasteiger partial charge in [-0.2, -0.15) is 13.2 Å². The van der Waals surface area contributed by atoms with E-state index in [1.807, 2.05) is 0 Å². The molecule has 0 spiro atoms. The molecule has 6 heteroatoms. The highest BCUT2D eigenvalue weighted by molar-refractivity contribution is 6.31. The zero-order chi connectivity index (χ0) is 15.8. The van der Waals surface area contributed by atoms with Crippen LogP contribution in [0.15, 0.2) is 36.4 Å². The van der Waals surface area contributed by atoms with E-state index in [1.165, 1.54) is 12.1 Å². The Bertz CT molecular complexity index is 667. The van der Waals surface area contributed by atoms with Crippen molar-refractivity contribution in [1.29, 1.82) is 0 Å². The van der Waals surface area contributed by atoms with Gasteiger partial charge in [-0.25, -0.2) is 4.39 Å². The van der Waals surface area contributed by atoms with Gasteiger partial charge in [-0.05, 0) is 41.8 Å². The molecular formula is C15H11ClF4O. The highest BCUT2D eigenvalue weighted by Gasteiger charge is 2.35. The Kier molecular flexibility index (Phi) is 4.25. The average molecular weight is 319 g/mol. The maximum absolute atomic E-state index is 13.1. The predicted octanol–water partition coefficient (Wildman–Crippen LogP) is 4.89. The lowest BCUT2D eigenvalue weighted by molar-refractivity contribution is -0.139. The lowest BCUT2D eigenvalue weighted by Gasteiger charge is -2.18. The number of hydrogen-bond donors (Lipinski definition) is 1. The van der Waals surface area contributed by atoms with Crippen LogP contribution >= 0.6 is 11.6 Å². The molecule has 0 aromatic heterocycles. The van der Waals surface area contributed by atoms with Crippen LogP contribution in [0.3, 0.4) is 0 Å². The first-order valence-corrected chi connectivity index (χ1v) is 6.38. The van der Waals surface area contributed by atoms with E-state index in [0.29, 0.717) is 11.1 Å². The van der Waals surface area contributed by atoms with Crippen molar-refractivity contribution < 1.29 is 22.7 Å². The Morgan fingerprint density at radius 1 is 1.10 bits per heavy atom. The summed E-state index contributed by atoms with van der Waals surface area (Å²) in [5, 5.41) is 10.5. The number of aliphatic hydroxyl groups excluding tert-OH is 1. The van der Waals surface area contributed by atoms with Gasteiger partial charge in [0, 0.05) is 5.02 Å². The molecule has 2 aromatic rings. The second-order valence-corrected chi connectivity index (χ2v) is 5.05. The van der Waals surface area contributed by atoms with Crippen LogP contribution in [0.4, 0.5) is 17.6 Å². The summed E-state index contributed by atoms with van der Waals surface area (Å²) in [4.78, 5) is 0. The van der Waals surface area contributed by atoms with Gasteiger partial charge >= 0.3 is 6.18 Å². The molecule has 1 nitrogen and oxygen atoms in total. The molecule has 1 N–H and O–H groups in total. The first-order valence-electron chi connectivity index (χ1n) is 6.01. The van der Waals surface area contributed by atoms with Crippen molar-refractivity contribution in [3.63, 3.8) is 0 Å². The van der Waals surface area contributed by atoms with Crippen molar-refractivity contribution in [2.24, 2.45) is 0 Å². The monoisotopic (exact) mass is 318 g/mol. The minimum atomic E-state index is -4.76. The van der Waals surface area contributed by atoms with Crippen molar-refractivity contribution >= 4 is 11.6 Å². The molecule has 0 saturated heterocycles. The Balaban J connectivity index is 2.52. The number of rotatable bonds is 2. The second kappa shape index (κ2) is 5.66. The van der Waals surface area contributed by atoms with Gasteiger partial charge in [-0.1, -0.05) is 29.8 Å². The molecule has 1 atom stereocenters. The fraction of sp³-hybridized carbons (Fsp3) is 0.200. The first kappa shape index (κ1) is 15.8. The molecular weight excluding hydrogens is 308 g/mol. The molecule has 21 heavy (non-hydrogen) atoms. The molecule has 0 amide bonds. The maximum atomic E-state index is 13.1. The lowest BCUT2D eigenvalue weighted by Crippen LogP contribution is -2.13. The van der Waals surface area contributed by atoms with E-state index in [-0.39, 0.29) is 5.56 Å². The third-order valence-electron chi connectivity index (χ3n) is 3.13.